The van der Waals surface area contributed by atoms with E-state index in [2.05, 4.69) is 5.32 Å². The Morgan fingerprint density at radius 1 is 1.20 bits per heavy atom. The fraction of sp³-hybridized carbons (Fsp3) is 0.0952. The number of nitrogens with zero attached hydrogens (tertiary/aromatic N) is 2. The van der Waals surface area contributed by atoms with Gasteiger partial charge in [0.25, 0.3) is 0 Å². The number of nitrogens with one attached hydrogen (secondary N) is 1. The third-order valence-corrected chi connectivity index (χ3v) is 6.72. The second-order valence-corrected chi connectivity index (χ2v) is 8.82. The molecule has 30 heavy (non-hydrogen) atoms. The number of fused-ring (bicyclic) bond motifs is 1. The zero-order valence-electron chi connectivity index (χ0n) is 15.9. The van der Waals surface area contributed by atoms with Crippen molar-refractivity contribution in [3.8, 4) is 0 Å². The van der Waals surface area contributed by atoms with Gasteiger partial charge < -0.3 is 5.32 Å². The van der Waals surface area contributed by atoms with Crippen LogP contribution < -0.4 is 15.1 Å². The number of hydrogen-bond acceptors (Lipinski definition) is 7. The Morgan fingerprint density at radius 2 is 2.00 bits per heavy atom. The van der Waals surface area contributed by atoms with Gasteiger partial charge in [-0.1, -0.05) is 41.7 Å². The predicted molar refractivity (Wildman–Crippen MR) is 115 cm³/mol. The third-order valence-electron chi connectivity index (χ3n) is 4.54. The summed E-state index contributed by atoms with van der Waals surface area (Å²) in [5.41, 5.74) is 3.20. The molecule has 0 saturated carbocycles. The Labute approximate surface area is 180 Å². The maximum Gasteiger partial charge on any atom is 0.433 e. The number of anilines is 2. The van der Waals surface area contributed by atoms with Crippen molar-refractivity contribution >= 4 is 52.4 Å². The number of thiazole rings is 1. The first-order valence-corrected chi connectivity index (χ1v) is 10.7. The number of benzene rings is 2. The first-order valence-electron chi connectivity index (χ1n) is 9.02. The normalized spacial score (nSPS) is 14.1. The molecule has 3 N–H and O–H groups in total. The van der Waals surface area contributed by atoms with Crippen LogP contribution in [-0.4, -0.2) is 22.2 Å². The summed E-state index contributed by atoms with van der Waals surface area (Å²) in [6.07, 6.45) is 1.78. The van der Waals surface area contributed by atoms with Gasteiger partial charge in [-0.2, -0.15) is 0 Å². The van der Waals surface area contributed by atoms with E-state index in [1.807, 2.05) is 36.6 Å². The molecule has 1 aliphatic rings. The van der Waals surface area contributed by atoms with Crippen molar-refractivity contribution in [3.63, 3.8) is 0 Å². The SMILES string of the molecule is Cc1ccccc1NC(=O)Cc1csc2[n+]1C(=O)/C(=C/c1cccc(N(O)O)c1)S2. The minimum Gasteiger partial charge on any atom is -0.325 e. The van der Waals surface area contributed by atoms with Gasteiger partial charge in [0.1, 0.15) is 11.3 Å². The summed E-state index contributed by atoms with van der Waals surface area (Å²) in [6, 6.07) is 14.0. The molecule has 7 nitrogen and oxygen atoms in total. The van der Waals surface area contributed by atoms with Crippen LogP contribution in [0.5, 0.6) is 0 Å². The maximum atomic E-state index is 12.9. The fourth-order valence-corrected chi connectivity index (χ4v) is 5.24. The monoisotopic (exact) mass is 440 g/mol. The summed E-state index contributed by atoms with van der Waals surface area (Å²) in [6.45, 7) is 1.92. The largest absolute Gasteiger partial charge is 0.433 e. The minimum atomic E-state index is -0.204. The molecule has 2 aromatic carbocycles. The van der Waals surface area contributed by atoms with E-state index in [-0.39, 0.29) is 29.1 Å². The zero-order chi connectivity index (χ0) is 21.3. The number of carbonyl (C=O) groups is 2. The molecule has 4 rings (SSSR count). The van der Waals surface area contributed by atoms with Crippen molar-refractivity contribution in [1.82, 2.24) is 0 Å². The van der Waals surface area contributed by atoms with Gasteiger partial charge in [-0.25, -0.2) is 4.79 Å². The van der Waals surface area contributed by atoms with Gasteiger partial charge in [0.05, 0.1) is 11.1 Å². The third kappa shape index (κ3) is 4.14. The van der Waals surface area contributed by atoms with Crippen molar-refractivity contribution in [3.05, 3.63) is 75.6 Å². The second-order valence-electron chi connectivity index (χ2n) is 6.67. The molecule has 1 aliphatic heterocycles. The Hall–Kier alpha value is -2.98. The first-order chi connectivity index (χ1) is 14.4. The van der Waals surface area contributed by atoms with Gasteiger partial charge in [0.2, 0.25) is 11.6 Å². The molecule has 0 bridgehead atoms. The maximum absolute atomic E-state index is 12.9. The molecule has 152 valence electrons. The lowest BCUT2D eigenvalue weighted by Gasteiger charge is -2.07. The molecule has 1 aromatic heterocycles. The van der Waals surface area contributed by atoms with E-state index in [1.54, 1.807) is 28.8 Å². The van der Waals surface area contributed by atoms with Crippen molar-refractivity contribution in [2.45, 2.75) is 17.7 Å². The van der Waals surface area contributed by atoms with Crippen molar-refractivity contribution in [2.75, 3.05) is 10.5 Å². The van der Waals surface area contributed by atoms with Crippen LogP contribution in [0, 0.1) is 6.92 Å². The smallest absolute Gasteiger partial charge is 0.325 e. The molecule has 0 saturated heterocycles. The number of hydrogen-bond donors (Lipinski definition) is 3. The first kappa shape index (κ1) is 20.3. The van der Waals surface area contributed by atoms with Crippen LogP contribution in [0.3, 0.4) is 0 Å². The number of thioether (sulfide) groups is 1. The lowest BCUT2D eigenvalue weighted by molar-refractivity contribution is -0.607. The van der Waals surface area contributed by atoms with Crippen LogP contribution in [-0.2, 0) is 11.2 Å². The van der Waals surface area contributed by atoms with E-state index in [0.29, 0.717) is 16.2 Å². The van der Waals surface area contributed by atoms with E-state index in [1.165, 1.54) is 29.2 Å². The van der Waals surface area contributed by atoms with Crippen LogP contribution in [0.1, 0.15) is 21.6 Å². The van der Waals surface area contributed by atoms with E-state index < -0.39 is 0 Å². The van der Waals surface area contributed by atoms with Gasteiger partial charge in [-0.3, -0.25) is 15.2 Å². The molecule has 9 heteroatoms. The van der Waals surface area contributed by atoms with Crippen molar-refractivity contribution < 1.29 is 24.6 Å². The summed E-state index contributed by atoms with van der Waals surface area (Å²) >= 11 is 2.74. The summed E-state index contributed by atoms with van der Waals surface area (Å²) in [5, 5.41) is 23.1. The molecule has 3 aromatic rings. The number of aromatic nitrogens is 1. The average molecular weight is 441 g/mol. The summed E-state index contributed by atoms with van der Waals surface area (Å²) in [5.74, 6) is -0.392. The fourth-order valence-electron chi connectivity index (χ4n) is 3.05. The Kier molecular flexibility index (Phi) is 5.69. The lowest BCUT2D eigenvalue weighted by Crippen LogP contribution is -2.43. The van der Waals surface area contributed by atoms with E-state index in [0.717, 1.165) is 15.6 Å². The van der Waals surface area contributed by atoms with Crippen molar-refractivity contribution in [2.24, 2.45) is 0 Å². The molecule has 1 amide bonds. The quantitative estimate of drug-likeness (QED) is 0.317. The van der Waals surface area contributed by atoms with Gasteiger partial charge in [-0.15, -0.1) is 9.79 Å². The predicted octanol–water partition coefficient (Wildman–Crippen LogP) is 3.90. The topological polar surface area (TPSA) is 93.8 Å². The zero-order valence-corrected chi connectivity index (χ0v) is 17.5. The number of amides is 1. The summed E-state index contributed by atoms with van der Waals surface area (Å²) in [4.78, 5) is 25.9. The van der Waals surface area contributed by atoms with Crippen LogP contribution in [0.4, 0.5) is 11.4 Å². The van der Waals surface area contributed by atoms with Crippen LogP contribution in [0.15, 0.2) is 63.2 Å². The number of aryl methyl sites for hydroxylation is 1. The van der Waals surface area contributed by atoms with Gasteiger partial charge in [0.15, 0.2) is 0 Å². The minimum absolute atomic E-state index is 0.0301. The molecule has 0 fully saturated rings. The Morgan fingerprint density at radius 3 is 2.77 bits per heavy atom. The second kappa shape index (κ2) is 8.41. The molecule has 2 heterocycles. The van der Waals surface area contributed by atoms with Gasteiger partial charge >= 0.3 is 10.2 Å². The summed E-state index contributed by atoms with van der Waals surface area (Å²) < 4.78 is 2.35. The highest BCUT2D eigenvalue weighted by Crippen LogP contribution is 2.36. The van der Waals surface area contributed by atoms with Crippen LogP contribution >= 0.6 is 23.1 Å². The highest BCUT2D eigenvalue weighted by atomic mass is 32.2. The molecule has 0 atom stereocenters. The molecule has 0 radical (unpaired) electrons. The molecular weight excluding hydrogens is 422 g/mol. The van der Waals surface area contributed by atoms with Crippen LogP contribution in [0.25, 0.3) is 6.08 Å². The van der Waals surface area contributed by atoms with Crippen LogP contribution in [0.2, 0.25) is 0 Å². The van der Waals surface area contributed by atoms with E-state index >= 15 is 0 Å². The Balaban J connectivity index is 1.52. The van der Waals surface area contributed by atoms with Crippen molar-refractivity contribution in [1.29, 1.82) is 0 Å². The number of para-hydroxylation sites is 1. The highest BCUT2D eigenvalue weighted by Gasteiger charge is 2.40. The number of carbonyl (C=O) groups excluding carboxylic acids is 2. The average Bonchev–Trinajstić information content (AvgIpc) is 3.24. The van der Waals surface area contributed by atoms with E-state index in [9.17, 15) is 9.59 Å². The molecule has 0 unspecified atom stereocenters. The highest BCUT2D eigenvalue weighted by molar-refractivity contribution is 8.05. The standard InChI is InChI=1S/C21H17N3O4S2/c1-13-5-2-3-8-17(13)22-19(25)11-16-12-29-21-23(16)20(26)18(30-21)10-14-6-4-7-15(9-14)24(27)28/h2-10,12,27-28H,11H2,1H3/p+1/b18-10-. The number of rotatable bonds is 5. The van der Waals surface area contributed by atoms with Gasteiger partial charge in [0, 0.05) is 17.4 Å². The number of allylic oxidation sites excluding steroid dienone is 1. The molecule has 0 aliphatic carbocycles. The van der Waals surface area contributed by atoms with Gasteiger partial charge in [-0.05, 0) is 42.3 Å². The molecule has 0 spiro atoms. The summed E-state index contributed by atoms with van der Waals surface area (Å²) in [7, 11) is 0. The Bertz CT molecular complexity index is 1170. The molecular formula is C21H18N3O4S2+. The lowest BCUT2D eigenvalue weighted by atomic mass is 10.2. The van der Waals surface area contributed by atoms with E-state index in [4.69, 9.17) is 10.4 Å².